The SMILES string of the molecule is CC(NC(=O)OC(C)(C)C)C(N)c1cccc(Br)c1. The van der Waals surface area contributed by atoms with Gasteiger partial charge < -0.3 is 15.8 Å². The molecule has 5 heteroatoms. The van der Waals surface area contributed by atoms with Gasteiger partial charge in [0, 0.05) is 16.6 Å². The summed E-state index contributed by atoms with van der Waals surface area (Å²) in [5, 5.41) is 2.75. The highest BCUT2D eigenvalue weighted by molar-refractivity contribution is 9.10. The number of nitrogens with one attached hydrogen (secondary N) is 1. The Morgan fingerprint density at radius 1 is 1.42 bits per heavy atom. The number of nitrogens with two attached hydrogens (primary N) is 1. The molecule has 0 saturated carbocycles. The Morgan fingerprint density at radius 2 is 2.05 bits per heavy atom. The lowest BCUT2D eigenvalue weighted by atomic mass is 10.0. The second kappa shape index (κ2) is 6.39. The molecule has 1 aromatic rings. The third-order valence-corrected chi connectivity index (χ3v) is 3.01. The van der Waals surface area contributed by atoms with E-state index in [1.54, 1.807) is 0 Å². The molecule has 2 atom stereocenters. The summed E-state index contributed by atoms with van der Waals surface area (Å²) in [6, 6.07) is 7.22. The molecule has 2 unspecified atom stereocenters. The molecule has 0 aliphatic heterocycles. The van der Waals surface area contributed by atoms with Crippen molar-refractivity contribution in [2.75, 3.05) is 0 Å². The molecule has 1 amide bonds. The lowest BCUT2D eigenvalue weighted by Crippen LogP contribution is -2.43. The fraction of sp³-hybridized carbons (Fsp3) is 0.500. The lowest BCUT2D eigenvalue weighted by molar-refractivity contribution is 0.0501. The first-order chi connectivity index (χ1) is 8.69. The van der Waals surface area contributed by atoms with E-state index in [0.717, 1.165) is 10.0 Å². The van der Waals surface area contributed by atoms with Crippen LogP contribution in [0.25, 0.3) is 0 Å². The zero-order chi connectivity index (χ0) is 14.6. The van der Waals surface area contributed by atoms with E-state index in [-0.39, 0.29) is 12.1 Å². The maximum atomic E-state index is 11.7. The van der Waals surface area contributed by atoms with E-state index in [1.807, 2.05) is 52.0 Å². The molecule has 1 aromatic carbocycles. The number of carbonyl (C=O) groups is 1. The predicted molar refractivity (Wildman–Crippen MR) is 79.9 cm³/mol. The first kappa shape index (κ1) is 16.0. The van der Waals surface area contributed by atoms with E-state index >= 15 is 0 Å². The van der Waals surface area contributed by atoms with Crippen molar-refractivity contribution in [2.45, 2.75) is 45.4 Å². The maximum absolute atomic E-state index is 11.7. The molecule has 0 bridgehead atoms. The van der Waals surface area contributed by atoms with Gasteiger partial charge in [-0.15, -0.1) is 0 Å². The molecule has 3 N–H and O–H groups in total. The van der Waals surface area contributed by atoms with Crippen LogP contribution in [0.15, 0.2) is 28.7 Å². The van der Waals surface area contributed by atoms with E-state index in [4.69, 9.17) is 10.5 Å². The molecule has 4 nitrogen and oxygen atoms in total. The van der Waals surface area contributed by atoms with Crippen LogP contribution in [-0.4, -0.2) is 17.7 Å². The van der Waals surface area contributed by atoms with Gasteiger partial charge in [0.1, 0.15) is 5.60 Å². The first-order valence-corrected chi connectivity index (χ1v) is 6.99. The fourth-order valence-corrected chi connectivity index (χ4v) is 2.00. The number of alkyl carbamates (subject to hydrolysis) is 1. The Morgan fingerprint density at radius 3 is 2.58 bits per heavy atom. The van der Waals surface area contributed by atoms with Crippen molar-refractivity contribution < 1.29 is 9.53 Å². The molecule has 0 aliphatic rings. The van der Waals surface area contributed by atoms with Gasteiger partial charge in [0.05, 0.1) is 0 Å². The molecular weight excluding hydrogens is 308 g/mol. The van der Waals surface area contributed by atoms with Crippen LogP contribution >= 0.6 is 15.9 Å². The Hall–Kier alpha value is -1.07. The molecule has 0 heterocycles. The molecule has 0 fully saturated rings. The van der Waals surface area contributed by atoms with Crippen molar-refractivity contribution in [2.24, 2.45) is 5.73 Å². The summed E-state index contributed by atoms with van der Waals surface area (Å²) in [5.41, 5.74) is 6.57. The summed E-state index contributed by atoms with van der Waals surface area (Å²) in [4.78, 5) is 11.7. The van der Waals surface area contributed by atoms with Crippen molar-refractivity contribution in [1.29, 1.82) is 0 Å². The van der Waals surface area contributed by atoms with Crippen LogP contribution in [0.3, 0.4) is 0 Å². The topological polar surface area (TPSA) is 64.3 Å². The molecule has 0 aromatic heterocycles. The second-order valence-corrected chi connectivity index (χ2v) is 6.43. The average molecular weight is 329 g/mol. The van der Waals surface area contributed by atoms with Crippen LogP contribution in [-0.2, 0) is 4.74 Å². The number of rotatable bonds is 3. The number of ether oxygens (including phenoxy) is 1. The number of halogens is 1. The highest BCUT2D eigenvalue weighted by Crippen LogP contribution is 2.19. The van der Waals surface area contributed by atoms with Crippen molar-refractivity contribution in [3.8, 4) is 0 Å². The molecule has 106 valence electrons. The molecule has 0 saturated heterocycles. The Bertz CT molecular complexity index is 443. The maximum Gasteiger partial charge on any atom is 0.407 e. The first-order valence-electron chi connectivity index (χ1n) is 6.19. The van der Waals surface area contributed by atoms with Gasteiger partial charge in [-0.2, -0.15) is 0 Å². The summed E-state index contributed by atoms with van der Waals surface area (Å²) in [6.07, 6.45) is -0.453. The van der Waals surface area contributed by atoms with Crippen LogP contribution in [0.1, 0.15) is 39.3 Å². The predicted octanol–water partition coefficient (Wildman–Crippen LogP) is 3.36. The summed E-state index contributed by atoms with van der Waals surface area (Å²) in [6.45, 7) is 7.33. The molecule has 19 heavy (non-hydrogen) atoms. The van der Waals surface area contributed by atoms with Gasteiger partial charge in [-0.3, -0.25) is 0 Å². The average Bonchev–Trinajstić information content (AvgIpc) is 2.25. The summed E-state index contributed by atoms with van der Waals surface area (Å²) in [5.74, 6) is 0. The smallest absolute Gasteiger partial charge is 0.407 e. The minimum absolute atomic E-state index is 0.218. The zero-order valence-corrected chi connectivity index (χ0v) is 13.3. The van der Waals surface area contributed by atoms with Crippen molar-refractivity contribution in [3.63, 3.8) is 0 Å². The highest BCUT2D eigenvalue weighted by Gasteiger charge is 2.21. The van der Waals surface area contributed by atoms with E-state index in [0.29, 0.717) is 0 Å². The van der Waals surface area contributed by atoms with Gasteiger partial charge in [0.2, 0.25) is 0 Å². The van der Waals surface area contributed by atoms with Gasteiger partial charge in [-0.25, -0.2) is 4.79 Å². The number of benzene rings is 1. The molecule has 0 radical (unpaired) electrons. The van der Waals surface area contributed by atoms with Crippen LogP contribution < -0.4 is 11.1 Å². The quantitative estimate of drug-likeness (QED) is 0.894. The minimum atomic E-state index is -0.510. The summed E-state index contributed by atoms with van der Waals surface area (Å²) < 4.78 is 6.17. The summed E-state index contributed by atoms with van der Waals surface area (Å²) in [7, 11) is 0. The summed E-state index contributed by atoms with van der Waals surface area (Å²) >= 11 is 3.40. The van der Waals surface area contributed by atoms with Gasteiger partial charge in [0.25, 0.3) is 0 Å². The molecule has 1 rings (SSSR count). The Labute approximate surface area is 122 Å². The number of hydrogen-bond acceptors (Lipinski definition) is 3. The van der Waals surface area contributed by atoms with Gasteiger partial charge >= 0.3 is 6.09 Å². The van der Waals surface area contributed by atoms with Gasteiger partial charge in [0.15, 0.2) is 0 Å². The van der Waals surface area contributed by atoms with E-state index in [9.17, 15) is 4.79 Å². The number of carbonyl (C=O) groups excluding carboxylic acids is 1. The Kier molecular flexibility index (Phi) is 5.38. The minimum Gasteiger partial charge on any atom is -0.444 e. The fourth-order valence-electron chi connectivity index (χ4n) is 1.59. The third-order valence-electron chi connectivity index (χ3n) is 2.52. The van der Waals surface area contributed by atoms with Crippen LogP contribution in [0.4, 0.5) is 4.79 Å². The van der Waals surface area contributed by atoms with Crippen LogP contribution in [0.5, 0.6) is 0 Å². The zero-order valence-electron chi connectivity index (χ0n) is 11.7. The standard InChI is InChI=1S/C14H21BrN2O2/c1-9(17-13(18)19-14(2,3)4)12(16)10-6-5-7-11(15)8-10/h5-9,12H,16H2,1-4H3,(H,17,18). The number of hydrogen-bond donors (Lipinski definition) is 2. The molecule has 0 aliphatic carbocycles. The largest absolute Gasteiger partial charge is 0.444 e. The van der Waals surface area contributed by atoms with Gasteiger partial charge in [-0.1, -0.05) is 28.1 Å². The van der Waals surface area contributed by atoms with Crippen molar-refractivity contribution in [3.05, 3.63) is 34.3 Å². The van der Waals surface area contributed by atoms with Crippen LogP contribution in [0.2, 0.25) is 0 Å². The third kappa shape index (κ3) is 5.61. The normalized spacial score (nSPS) is 14.6. The van der Waals surface area contributed by atoms with E-state index in [2.05, 4.69) is 21.2 Å². The highest BCUT2D eigenvalue weighted by atomic mass is 79.9. The van der Waals surface area contributed by atoms with E-state index < -0.39 is 11.7 Å². The monoisotopic (exact) mass is 328 g/mol. The van der Waals surface area contributed by atoms with Gasteiger partial charge in [-0.05, 0) is 45.4 Å². The molecule has 0 spiro atoms. The second-order valence-electron chi connectivity index (χ2n) is 5.52. The van der Waals surface area contributed by atoms with Crippen LogP contribution in [0, 0.1) is 0 Å². The number of amides is 1. The van der Waals surface area contributed by atoms with Crippen molar-refractivity contribution in [1.82, 2.24) is 5.32 Å². The Balaban J connectivity index is 2.63. The van der Waals surface area contributed by atoms with E-state index in [1.165, 1.54) is 0 Å². The lowest BCUT2D eigenvalue weighted by Gasteiger charge is -2.25. The molecular formula is C14H21BrN2O2. The van der Waals surface area contributed by atoms with Crippen molar-refractivity contribution >= 4 is 22.0 Å².